The number of unbranched alkanes of at least 4 members (excludes halogenated alkanes) is 1. The van der Waals surface area contributed by atoms with Gasteiger partial charge in [-0.05, 0) is 80.6 Å². The Bertz CT molecular complexity index is 595. The molecule has 0 radical (unpaired) electrons. The predicted molar refractivity (Wildman–Crippen MR) is 104 cm³/mol. The fourth-order valence-corrected chi connectivity index (χ4v) is 5.28. The van der Waals surface area contributed by atoms with Crippen molar-refractivity contribution in [3.8, 4) is 0 Å². The molecule has 142 valence electrons. The van der Waals surface area contributed by atoms with Gasteiger partial charge in [-0.2, -0.15) is 0 Å². The van der Waals surface area contributed by atoms with Gasteiger partial charge < -0.3 is 10.2 Å². The first-order chi connectivity index (χ1) is 12.6. The van der Waals surface area contributed by atoms with Crippen LogP contribution in [0.15, 0.2) is 42.5 Å². The third-order valence-corrected chi connectivity index (χ3v) is 6.57. The van der Waals surface area contributed by atoms with Crippen LogP contribution in [0.2, 0.25) is 0 Å². The largest absolute Gasteiger partial charge is 0.481 e. The van der Waals surface area contributed by atoms with Gasteiger partial charge in [-0.1, -0.05) is 42.5 Å². The number of fused-ring (bicyclic) bond motifs is 2. The molecule has 5 atom stereocenters. The lowest BCUT2D eigenvalue weighted by Gasteiger charge is -2.31. The van der Waals surface area contributed by atoms with Crippen LogP contribution in [0.4, 0.5) is 0 Å². The Kier molecular flexibility index (Phi) is 6.90. The standard InChI is InChI=1S/C23H32O3/c24-22(17-8-4-3-5-9-17)15-14-21-19-13-12-18(16-19)20(21)10-6-1-2-7-11-23(25)26/h1,3-6,8-9,18-22,24H,2,7,10-16H2,(H,25,26)/b6-1-/t18-,19+,20-,21+,22?/m1/s1. The molecule has 1 unspecified atom stereocenters. The Morgan fingerprint density at radius 3 is 2.58 bits per heavy atom. The number of benzene rings is 1. The van der Waals surface area contributed by atoms with Crippen molar-refractivity contribution >= 4 is 5.97 Å². The highest BCUT2D eigenvalue weighted by molar-refractivity contribution is 5.66. The lowest BCUT2D eigenvalue weighted by atomic mass is 9.75. The molecule has 0 spiro atoms. The molecular formula is C23H32O3. The molecule has 3 heteroatoms. The second kappa shape index (κ2) is 9.36. The molecule has 2 N–H and O–H groups in total. The summed E-state index contributed by atoms with van der Waals surface area (Å²) in [5.41, 5.74) is 1.03. The Morgan fingerprint density at radius 1 is 1.12 bits per heavy atom. The maximum Gasteiger partial charge on any atom is 0.303 e. The van der Waals surface area contributed by atoms with Gasteiger partial charge in [0.25, 0.3) is 0 Å². The Balaban J connectivity index is 1.47. The zero-order valence-corrected chi connectivity index (χ0v) is 15.6. The molecule has 3 nitrogen and oxygen atoms in total. The maximum absolute atomic E-state index is 10.6. The molecular weight excluding hydrogens is 324 g/mol. The number of aliphatic hydroxyl groups excluding tert-OH is 1. The van der Waals surface area contributed by atoms with E-state index >= 15 is 0 Å². The number of carboxylic acids is 1. The van der Waals surface area contributed by atoms with Gasteiger partial charge in [-0.15, -0.1) is 0 Å². The van der Waals surface area contributed by atoms with Crippen LogP contribution in [0.1, 0.15) is 69.5 Å². The van der Waals surface area contributed by atoms with E-state index in [1.165, 1.54) is 19.3 Å². The van der Waals surface area contributed by atoms with Crippen LogP contribution in [0.3, 0.4) is 0 Å². The normalized spacial score (nSPS) is 28.7. The van der Waals surface area contributed by atoms with Crippen molar-refractivity contribution in [2.45, 2.75) is 63.9 Å². The van der Waals surface area contributed by atoms with E-state index in [9.17, 15) is 9.90 Å². The summed E-state index contributed by atoms with van der Waals surface area (Å²) in [6, 6.07) is 10.0. The lowest BCUT2D eigenvalue weighted by molar-refractivity contribution is -0.137. The van der Waals surface area contributed by atoms with Crippen LogP contribution in [-0.4, -0.2) is 16.2 Å². The molecule has 2 saturated carbocycles. The molecule has 1 aromatic carbocycles. The quantitative estimate of drug-likeness (QED) is 0.438. The molecule has 0 saturated heterocycles. The van der Waals surface area contributed by atoms with Gasteiger partial charge in [0, 0.05) is 6.42 Å². The minimum atomic E-state index is -0.705. The first-order valence-corrected chi connectivity index (χ1v) is 10.2. The summed E-state index contributed by atoms with van der Waals surface area (Å²) in [4.78, 5) is 10.6. The number of carbonyl (C=O) groups is 1. The van der Waals surface area contributed by atoms with Crippen LogP contribution in [-0.2, 0) is 4.79 Å². The molecule has 0 aromatic heterocycles. The van der Waals surface area contributed by atoms with Crippen molar-refractivity contribution in [3.63, 3.8) is 0 Å². The van der Waals surface area contributed by atoms with Gasteiger partial charge in [0.15, 0.2) is 0 Å². The molecule has 2 bridgehead atoms. The Labute approximate surface area is 157 Å². The second-order valence-electron chi connectivity index (χ2n) is 8.16. The summed E-state index contributed by atoms with van der Waals surface area (Å²) in [5, 5.41) is 19.2. The summed E-state index contributed by atoms with van der Waals surface area (Å²) in [6.45, 7) is 0. The Morgan fingerprint density at radius 2 is 1.85 bits per heavy atom. The zero-order valence-electron chi connectivity index (χ0n) is 15.6. The minimum Gasteiger partial charge on any atom is -0.481 e. The van der Waals surface area contributed by atoms with Crippen LogP contribution >= 0.6 is 0 Å². The summed E-state index contributed by atoms with van der Waals surface area (Å²) in [5.74, 6) is 2.52. The second-order valence-corrected chi connectivity index (χ2v) is 8.16. The Hall–Kier alpha value is -1.61. The van der Waals surface area contributed by atoms with E-state index in [1.807, 2.05) is 30.3 Å². The minimum absolute atomic E-state index is 0.262. The molecule has 0 heterocycles. The smallest absolute Gasteiger partial charge is 0.303 e. The molecule has 1 aromatic rings. The third kappa shape index (κ3) is 4.97. The van der Waals surface area contributed by atoms with E-state index in [0.717, 1.165) is 61.3 Å². The lowest BCUT2D eigenvalue weighted by Crippen LogP contribution is -2.22. The number of aliphatic hydroxyl groups is 1. The number of rotatable bonds is 10. The summed E-state index contributed by atoms with van der Waals surface area (Å²) in [6.07, 6.45) is 13.2. The fraction of sp³-hybridized carbons (Fsp3) is 0.609. The molecule has 2 aliphatic carbocycles. The predicted octanol–water partition coefficient (Wildman–Crippen LogP) is 5.36. The molecule has 3 rings (SSSR count). The molecule has 2 aliphatic rings. The van der Waals surface area contributed by atoms with Crippen molar-refractivity contribution in [1.82, 2.24) is 0 Å². The molecule has 0 amide bonds. The third-order valence-electron chi connectivity index (χ3n) is 6.57. The van der Waals surface area contributed by atoms with Crippen LogP contribution < -0.4 is 0 Å². The van der Waals surface area contributed by atoms with E-state index in [4.69, 9.17) is 5.11 Å². The molecule has 26 heavy (non-hydrogen) atoms. The first-order valence-electron chi connectivity index (χ1n) is 10.2. The zero-order chi connectivity index (χ0) is 18.4. The highest BCUT2D eigenvalue weighted by Crippen LogP contribution is 2.55. The van der Waals surface area contributed by atoms with Gasteiger partial charge in [-0.3, -0.25) is 4.79 Å². The number of aliphatic carboxylic acids is 1. The van der Waals surface area contributed by atoms with E-state index in [0.29, 0.717) is 0 Å². The number of hydrogen-bond donors (Lipinski definition) is 2. The highest BCUT2D eigenvalue weighted by Gasteiger charge is 2.46. The van der Waals surface area contributed by atoms with E-state index in [-0.39, 0.29) is 12.5 Å². The average Bonchev–Trinajstić information content (AvgIpc) is 3.24. The average molecular weight is 357 g/mol. The number of carboxylic acid groups (broad SMARTS) is 1. The van der Waals surface area contributed by atoms with Crippen molar-refractivity contribution < 1.29 is 15.0 Å². The van der Waals surface area contributed by atoms with Gasteiger partial charge in [0.05, 0.1) is 6.10 Å². The van der Waals surface area contributed by atoms with Crippen molar-refractivity contribution in [3.05, 3.63) is 48.0 Å². The highest BCUT2D eigenvalue weighted by atomic mass is 16.4. The molecule has 2 fully saturated rings. The summed E-state index contributed by atoms with van der Waals surface area (Å²) < 4.78 is 0. The maximum atomic E-state index is 10.6. The topological polar surface area (TPSA) is 57.5 Å². The molecule has 0 aliphatic heterocycles. The van der Waals surface area contributed by atoms with Crippen LogP contribution in [0.25, 0.3) is 0 Å². The SMILES string of the molecule is O=C(O)CCC/C=C\C[C@@H]1[C@@H]2CC[C@@H](C2)[C@@H]1CCC(O)c1ccccc1. The van der Waals surface area contributed by atoms with Gasteiger partial charge in [0.1, 0.15) is 0 Å². The van der Waals surface area contributed by atoms with Gasteiger partial charge >= 0.3 is 5.97 Å². The first kappa shape index (κ1) is 19.2. The monoisotopic (exact) mass is 356 g/mol. The number of hydrogen-bond acceptors (Lipinski definition) is 2. The van der Waals surface area contributed by atoms with Crippen molar-refractivity contribution in [1.29, 1.82) is 0 Å². The number of allylic oxidation sites excluding steroid dienone is 2. The van der Waals surface area contributed by atoms with Crippen LogP contribution in [0, 0.1) is 23.7 Å². The van der Waals surface area contributed by atoms with Gasteiger partial charge in [0.2, 0.25) is 0 Å². The summed E-state index contributed by atoms with van der Waals surface area (Å²) >= 11 is 0. The van der Waals surface area contributed by atoms with Crippen LogP contribution in [0.5, 0.6) is 0 Å². The van der Waals surface area contributed by atoms with E-state index < -0.39 is 5.97 Å². The van der Waals surface area contributed by atoms with Crippen molar-refractivity contribution in [2.75, 3.05) is 0 Å². The van der Waals surface area contributed by atoms with E-state index in [1.54, 1.807) is 0 Å². The summed E-state index contributed by atoms with van der Waals surface area (Å²) in [7, 11) is 0. The van der Waals surface area contributed by atoms with E-state index in [2.05, 4.69) is 12.2 Å². The fourth-order valence-electron chi connectivity index (χ4n) is 5.28. The van der Waals surface area contributed by atoms with Gasteiger partial charge in [-0.25, -0.2) is 0 Å². The van der Waals surface area contributed by atoms with Crippen molar-refractivity contribution in [2.24, 2.45) is 23.7 Å².